The van der Waals surface area contributed by atoms with Gasteiger partial charge >= 0.3 is 5.97 Å². The number of anilines is 1. The average Bonchev–Trinajstić information content (AvgIpc) is 3.57. The van der Waals surface area contributed by atoms with E-state index < -0.39 is 30.4 Å². The van der Waals surface area contributed by atoms with E-state index in [1.54, 1.807) is 18.2 Å². The average molecular weight is 615 g/mol. The Hall–Kier alpha value is -4.21. The third-order valence-corrected chi connectivity index (χ3v) is 7.90. The van der Waals surface area contributed by atoms with Gasteiger partial charge in [-0.2, -0.15) is 0 Å². The summed E-state index contributed by atoms with van der Waals surface area (Å²) in [5, 5.41) is 27.2. The first-order valence-corrected chi connectivity index (χ1v) is 13.9. The molecule has 2 aromatic heterocycles. The van der Waals surface area contributed by atoms with Crippen LogP contribution in [-0.2, 0) is 20.9 Å². The fourth-order valence-electron chi connectivity index (χ4n) is 5.32. The molecule has 1 amide bonds. The zero-order chi connectivity index (χ0) is 30.7. The van der Waals surface area contributed by atoms with Gasteiger partial charge < -0.3 is 34.8 Å². The number of hydrogen-bond donors (Lipinski definition) is 3. The predicted molar refractivity (Wildman–Crippen MR) is 153 cm³/mol. The number of nitrogens with zero attached hydrogens (tertiary/aromatic N) is 9. The van der Waals surface area contributed by atoms with Crippen molar-refractivity contribution in [3.8, 4) is 5.75 Å². The van der Waals surface area contributed by atoms with E-state index in [1.807, 2.05) is 19.0 Å². The molecule has 2 saturated heterocycles. The van der Waals surface area contributed by atoms with Crippen LogP contribution in [0.15, 0.2) is 36.0 Å². The summed E-state index contributed by atoms with van der Waals surface area (Å²) in [6.07, 6.45) is 0.202. The molecule has 4 atom stereocenters. The van der Waals surface area contributed by atoms with Gasteiger partial charge in [-0.05, 0) is 50.7 Å². The number of aliphatic hydroxyl groups is 1. The molecule has 0 saturated carbocycles. The molecule has 4 heterocycles. The van der Waals surface area contributed by atoms with Gasteiger partial charge in [0.15, 0.2) is 35.9 Å². The second-order valence-corrected chi connectivity index (χ2v) is 10.9. The molecular formula is C26H31ClN10O6. The summed E-state index contributed by atoms with van der Waals surface area (Å²) in [5.41, 5.74) is 10.1. The first-order valence-electron chi connectivity index (χ1n) is 13.5. The topological polar surface area (TPSA) is 204 Å². The smallest absolute Gasteiger partial charge is 0.333 e. The normalized spacial score (nSPS) is 22.5. The van der Waals surface area contributed by atoms with E-state index in [2.05, 4.69) is 35.2 Å². The maximum Gasteiger partial charge on any atom is 0.333 e. The largest absolute Gasteiger partial charge is 0.483 e. The van der Waals surface area contributed by atoms with Crippen LogP contribution in [0.25, 0.3) is 21.6 Å². The Morgan fingerprint density at radius 3 is 2.74 bits per heavy atom. The number of azide groups is 1. The number of imidazole rings is 1. The van der Waals surface area contributed by atoms with Crippen molar-refractivity contribution in [1.82, 2.24) is 29.3 Å². The molecule has 4 unspecified atom stereocenters. The number of piperidine rings is 1. The number of rotatable bonds is 10. The van der Waals surface area contributed by atoms with Crippen LogP contribution in [0.4, 0.5) is 5.82 Å². The quantitative estimate of drug-likeness (QED) is 0.171. The maximum atomic E-state index is 12.8. The Kier molecular flexibility index (Phi) is 9.13. The monoisotopic (exact) mass is 614 g/mol. The summed E-state index contributed by atoms with van der Waals surface area (Å²) in [5.74, 6) is -0.646. The number of carboxylic acids is 1. The zero-order valence-electron chi connectivity index (χ0n) is 23.4. The summed E-state index contributed by atoms with van der Waals surface area (Å²) in [4.78, 5) is 43.9. The third kappa shape index (κ3) is 6.43. The van der Waals surface area contributed by atoms with Gasteiger partial charge in [-0.3, -0.25) is 9.36 Å². The van der Waals surface area contributed by atoms with Gasteiger partial charge in [0.05, 0.1) is 6.33 Å². The molecule has 43 heavy (non-hydrogen) atoms. The van der Waals surface area contributed by atoms with E-state index in [4.69, 9.17) is 26.6 Å². The van der Waals surface area contributed by atoms with Crippen LogP contribution in [0.5, 0.6) is 5.75 Å². The summed E-state index contributed by atoms with van der Waals surface area (Å²) < 4.78 is 12.8. The number of aromatic nitrogens is 4. The maximum absolute atomic E-state index is 12.8. The van der Waals surface area contributed by atoms with Gasteiger partial charge in [0.25, 0.3) is 5.91 Å². The van der Waals surface area contributed by atoms with Crippen LogP contribution in [0.2, 0.25) is 5.02 Å². The van der Waals surface area contributed by atoms with Crippen molar-refractivity contribution in [3.05, 3.63) is 51.9 Å². The lowest BCUT2D eigenvalue weighted by Gasteiger charge is -2.35. The van der Waals surface area contributed by atoms with E-state index in [0.29, 0.717) is 46.8 Å². The highest BCUT2D eigenvalue weighted by Gasteiger charge is 2.48. The lowest BCUT2D eigenvalue weighted by atomic mass is 10.0. The van der Waals surface area contributed by atoms with Gasteiger partial charge in [0.2, 0.25) is 0 Å². The van der Waals surface area contributed by atoms with Crippen molar-refractivity contribution >= 4 is 40.5 Å². The number of aliphatic hydroxyl groups excluding tert-OH is 1. The molecule has 1 aromatic carbocycles. The number of halogens is 1. The Bertz CT molecular complexity index is 1540. The SMILES string of the molecule is CN(C)C1CCN(C(=O)COc2ccc(Cl)cc2CNc2ncnc3c2ncn3C2OC(C(=O)O)C(N=[N+]=[N-])C2O)CC1. The summed E-state index contributed by atoms with van der Waals surface area (Å²) in [6, 6.07) is 4.22. The highest BCUT2D eigenvalue weighted by Crippen LogP contribution is 2.34. The van der Waals surface area contributed by atoms with Crippen LogP contribution in [0, 0.1) is 0 Å². The fraction of sp³-hybridized carbons (Fsp3) is 0.500. The van der Waals surface area contributed by atoms with Crippen molar-refractivity contribution in [2.45, 2.75) is 49.9 Å². The second kappa shape index (κ2) is 13.0. The molecule has 0 bridgehead atoms. The molecule has 0 radical (unpaired) electrons. The molecule has 2 fully saturated rings. The van der Waals surface area contributed by atoms with Crippen LogP contribution in [0.3, 0.4) is 0 Å². The minimum absolute atomic E-state index is 0.0849. The van der Waals surface area contributed by atoms with Crippen molar-refractivity contribution in [1.29, 1.82) is 0 Å². The Balaban J connectivity index is 1.28. The standard InChI is InChI=1S/C26H31ClN10O6/c1-35(2)16-5-7-36(8-6-16)18(38)11-42-17-4-3-15(27)9-14(17)10-29-23-20-24(31-12-30-23)37(13-32-20)25-21(39)19(33-34-28)22(43-25)26(40)41/h3-4,9,12-13,16,19,21-22,25,39H,5-8,10-11H2,1-2H3,(H,40,41)(H,29,30,31). The number of carboxylic acid groups (broad SMARTS) is 1. The number of carbonyl (C=O) groups is 2. The van der Waals surface area contributed by atoms with Crippen molar-refractivity contribution in [2.75, 3.05) is 39.1 Å². The first kappa shape index (κ1) is 30.3. The van der Waals surface area contributed by atoms with Gasteiger partial charge in [0.1, 0.15) is 24.2 Å². The Morgan fingerprint density at radius 1 is 1.28 bits per heavy atom. The Morgan fingerprint density at radius 2 is 2.05 bits per heavy atom. The molecule has 5 rings (SSSR count). The second-order valence-electron chi connectivity index (χ2n) is 10.5. The number of ether oxygens (including phenoxy) is 2. The van der Waals surface area contributed by atoms with Crippen molar-refractivity contribution in [3.63, 3.8) is 0 Å². The van der Waals surface area contributed by atoms with E-state index in [0.717, 1.165) is 12.8 Å². The summed E-state index contributed by atoms with van der Waals surface area (Å²) >= 11 is 6.26. The van der Waals surface area contributed by atoms with Gasteiger partial charge in [0, 0.05) is 41.2 Å². The highest BCUT2D eigenvalue weighted by atomic mass is 35.5. The number of nitrogens with one attached hydrogen (secondary N) is 1. The molecule has 2 aliphatic heterocycles. The van der Waals surface area contributed by atoms with Crippen LogP contribution in [0.1, 0.15) is 24.6 Å². The van der Waals surface area contributed by atoms with Crippen molar-refractivity contribution in [2.24, 2.45) is 5.11 Å². The predicted octanol–water partition coefficient (Wildman–Crippen LogP) is 2.04. The van der Waals surface area contributed by atoms with Gasteiger partial charge in [-0.15, -0.1) is 0 Å². The minimum Gasteiger partial charge on any atom is -0.483 e. The lowest BCUT2D eigenvalue weighted by Crippen LogP contribution is -2.45. The molecule has 2 aliphatic rings. The van der Waals surface area contributed by atoms with Crippen LogP contribution < -0.4 is 10.1 Å². The molecule has 228 valence electrons. The number of hydrogen-bond acceptors (Lipinski definition) is 11. The van der Waals surface area contributed by atoms with Crippen LogP contribution in [-0.4, -0.2) is 109 Å². The van der Waals surface area contributed by atoms with E-state index in [-0.39, 0.29) is 24.7 Å². The Labute approximate surface area is 250 Å². The minimum atomic E-state index is -1.55. The summed E-state index contributed by atoms with van der Waals surface area (Å²) in [7, 11) is 4.10. The number of aliphatic carboxylic acids is 1. The van der Waals surface area contributed by atoms with Crippen molar-refractivity contribution < 1.29 is 29.3 Å². The number of carbonyl (C=O) groups excluding carboxylic acids is 1. The third-order valence-electron chi connectivity index (χ3n) is 7.67. The molecule has 3 N–H and O–H groups in total. The first-order chi connectivity index (χ1) is 20.7. The van der Waals surface area contributed by atoms with Gasteiger partial charge in [-0.25, -0.2) is 19.7 Å². The number of benzene rings is 1. The van der Waals surface area contributed by atoms with Gasteiger partial charge in [-0.1, -0.05) is 16.7 Å². The molecule has 17 heteroatoms. The van der Waals surface area contributed by atoms with E-state index >= 15 is 0 Å². The summed E-state index contributed by atoms with van der Waals surface area (Å²) in [6.45, 7) is 1.46. The molecule has 0 spiro atoms. The lowest BCUT2D eigenvalue weighted by molar-refractivity contribution is -0.152. The highest BCUT2D eigenvalue weighted by molar-refractivity contribution is 6.30. The van der Waals surface area contributed by atoms with E-state index in [1.165, 1.54) is 17.2 Å². The number of fused-ring (bicyclic) bond motifs is 1. The fourth-order valence-corrected chi connectivity index (χ4v) is 5.51. The molecule has 16 nitrogen and oxygen atoms in total. The van der Waals surface area contributed by atoms with E-state index in [9.17, 15) is 19.8 Å². The number of amides is 1. The molecule has 0 aliphatic carbocycles. The zero-order valence-corrected chi connectivity index (χ0v) is 24.2. The molecular weight excluding hydrogens is 584 g/mol. The number of likely N-dealkylation sites (tertiary alicyclic amines) is 1. The molecule has 3 aromatic rings. The van der Waals surface area contributed by atoms with Crippen LogP contribution >= 0.6 is 11.6 Å².